The minimum absolute atomic E-state index is 0.264. The minimum atomic E-state index is -0.348. The second kappa shape index (κ2) is 6.54. The zero-order chi connectivity index (χ0) is 14.4. The fraction of sp³-hybridized carbons (Fsp3) is 0.400. The number of amides is 1. The van der Waals surface area contributed by atoms with Crippen molar-refractivity contribution in [2.75, 3.05) is 32.7 Å². The monoisotopic (exact) mass is 276 g/mol. The molecule has 108 valence electrons. The van der Waals surface area contributed by atoms with Crippen LogP contribution in [0.25, 0.3) is 0 Å². The molecule has 0 aliphatic carbocycles. The van der Waals surface area contributed by atoms with Crippen molar-refractivity contribution in [1.82, 2.24) is 4.90 Å². The number of carbonyl (C=O) groups excluding carboxylic acids is 1. The minimum Gasteiger partial charge on any atom is -0.632 e. The Morgan fingerprint density at radius 1 is 1.35 bits per heavy atom. The molecule has 0 aromatic heterocycles. The molecule has 1 heterocycles. The number of quaternary nitrogens is 1. The van der Waals surface area contributed by atoms with E-state index >= 15 is 0 Å². The number of hydrogen-bond acceptors (Lipinski definition) is 3. The van der Waals surface area contributed by atoms with Crippen LogP contribution in [0.1, 0.15) is 5.56 Å². The summed E-state index contributed by atoms with van der Waals surface area (Å²) >= 11 is 0. The predicted octanol–water partition coefficient (Wildman–Crippen LogP) is 2.14. The molecule has 0 radical (unpaired) electrons. The van der Waals surface area contributed by atoms with Gasteiger partial charge in [0, 0.05) is 0 Å². The molecular formula is C15H20N2O3. The average molecular weight is 276 g/mol. The summed E-state index contributed by atoms with van der Waals surface area (Å²) < 4.78 is 4.95. The van der Waals surface area contributed by atoms with Crippen LogP contribution in [0.3, 0.4) is 0 Å². The van der Waals surface area contributed by atoms with Gasteiger partial charge in [-0.25, -0.2) is 4.79 Å². The maximum atomic E-state index is 12.2. The standard InChI is InChI=1S/C15H20N2O3/c1-2-10-17(19)11-8-16(9-12-17)15(18)20-13-14-6-4-3-5-7-14/h2-7H,1,8-13H2. The van der Waals surface area contributed by atoms with E-state index in [2.05, 4.69) is 6.58 Å². The Morgan fingerprint density at radius 3 is 2.60 bits per heavy atom. The Morgan fingerprint density at radius 2 is 2.00 bits per heavy atom. The van der Waals surface area contributed by atoms with Crippen molar-refractivity contribution in [1.29, 1.82) is 0 Å². The van der Waals surface area contributed by atoms with Crippen LogP contribution >= 0.6 is 0 Å². The van der Waals surface area contributed by atoms with Gasteiger partial charge >= 0.3 is 6.09 Å². The fourth-order valence-corrected chi connectivity index (χ4v) is 2.24. The van der Waals surface area contributed by atoms with E-state index in [1.165, 1.54) is 0 Å². The third-order valence-electron chi connectivity index (χ3n) is 3.48. The summed E-state index contributed by atoms with van der Waals surface area (Å²) in [6.07, 6.45) is 1.29. The van der Waals surface area contributed by atoms with E-state index in [4.69, 9.17) is 4.74 Å². The number of hydroxylamine groups is 3. The van der Waals surface area contributed by atoms with Gasteiger partial charge in [0.05, 0.1) is 32.7 Å². The first-order chi connectivity index (χ1) is 9.63. The number of ether oxygens (including phenoxy) is 1. The van der Waals surface area contributed by atoms with Crippen LogP contribution in [0.5, 0.6) is 0 Å². The van der Waals surface area contributed by atoms with Crippen LogP contribution in [0.15, 0.2) is 43.0 Å². The lowest BCUT2D eigenvalue weighted by molar-refractivity contribution is -0.878. The number of rotatable bonds is 4. The van der Waals surface area contributed by atoms with E-state index < -0.39 is 0 Å². The third kappa shape index (κ3) is 3.82. The molecule has 1 aromatic rings. The van der Waals surface area contributed by atoms with Crippen molar-refractivity contribution < 1.29 is 14.2 Å². The maximum absolute atomic E-state index is 12.2. The second-order valence-corrected chi connectivity index (χ2v) is 5.00. The lowest BCUT2D eigenvalue weighted by atomic mass is 10.2. The number of hydrogen-bond donors (Lipinski definition) is 0. The number of carbonyl (C=O) groups is 1. The van der Waals surface area contributed by atoms with Gasteiger partial charge in [-0.3, -0.25) is 4.90 Å². The lowest BCUT2D eigenvalue weighted by Gasteiger charge is -2.47. The zero-order valence-corrected chi connectivity index (χ0v) is 11.5. The molecule has 5 heteroatoms. The summed E-state index contributed by atoms with van der Waals surface area (Å²) in [6, 6.07) is 9.55. The highest BCUT2D eigenvalue weighted by molar-refractivity contribution is 5.67. The van der Waals surface area contributed by atoms with Crippen molar-refractivity contribution in [3.8, 4) is 0 Å². The molecule has 0 saturated carbocycles. The number of benzene rings is 1. The first kappa shape index (κ1) is 14.6. The largest absolute Gasteiger partial charge is 0.632 e. The summed E-state index contributed by atoms with van der Waals surface area (Å²) in [5, 5.41) is 12.2. The number of piperazine rings is 1. The van der Waals surface area contributed by atoms with Gasteiger partial charge in [-0.15, -0.1) is 0 Å². The van der Waals surface area contributed by atoms with Gasteiger partial charge < -0.3 is 14.6 Å². The molecule has 2 rings (SSSR count). The Kier molecular flexibility index (Phi) is 4.76. The first-order valence-electron chi connectivity index (χ1n) is 6.76. The van der Waals surface area contributed by atoms with E-state index in [0.29, 0.717) is 32.7 Å². The van der Waals surface area contributed by atoms with Gasteiger partial charge in [-0.05, 0) is 11.6 Å². The second-order valence-electron chi connectivity index (χ2n) is 5.00. The molecule has 1 aromatic carbocycles. The zero-order valence-electron chi connectivity index (χ0n) is 11.5. The Balaban J connectivity index is 1.79. The summed E-state index contributed by atoms with van der Waals surface area (Å²) in [4.78, 5) is 13.5. The van der Waals surface area contributed by atoms with Crippen LogP contribution in [-0.4, -0.2) is 48.4 Å². The molecule has 0 atom stereocenters. The normalized spacial score (nSPS) is 17.6. The van der Waals surface area contributed by atoms with E-state index in [9.17, 15) is 10.0 Å². The van der Waals surface area contributed by atoms with Crippen molar-refractivity contribution >= 4 is 6.09 Å². The van der Waals surface area contributed by atoms with Gasteiger partial charge in [0.2, 0.25) is 0 Å². The van der Waals surface area contributed by atoms with E-state index in [1.54, 1.807) is 11.0 Å². The predicted molar refractivity (Wildman–Crippen MR) is 76.6 cm³/mol. The SMILES string of the molecule is C=CC[N+]1([O-])CCN(C(=O)OCc2ccccc2)CC1. The Labute approximate surface area is 119 Å². The van der Waals surface area contributed by atoms with Crippen molar-refractivity contribution in [2.45, 2.75) is 6.61 Å². The molecule has 0 unspecified atom stereocenters. The summed E-state index contributed by atoms with van der Waals surface area (Å²) in [5.41, 5.74) is 0.957. The van der Waals surface area contributed by atoms with Crippen molar-refractivity contribution in [3.05, 3.63) is 53.8 Å². The van der Waals surface area contributed by atoms with Crippen LogP contribution in [-0.2, 0) is 11.3 Å². The maximum Gasteiger partial charge on any atom is 0.410 e. The highest BCUT2D eigenvalue weighted by Crippen LogP contribution is 2.13. The van der Waals surface area contributed by atoms with Gasteiger partial charge in [0.15, 0.2) is 0 Å². The quantitative estimate of drug-likeness (QED) is 0.481. The molecule has 1 fully saturated rings. The highest BCUT2D eigenvalue weighted by atomic mass is 16.6. The van der Waals surface area contributed by atoms with Crippen LogP contribution < -0.4 is 0 Å². The van der Waals surface area contributed by atoms with Crippen LogP contribution in [0.4, 0.5) is 4.79 Å². The summed E-state index contributed by atoms with van der Waals surface area (Å²) in [6.45, 7) is 5.92. The fourth-order valence-electron chi connectivity index (χ4n) is 2.24. The molecule has 1 aliphatic rings. The molecule has 5 nitrogen and oxygen atoms in total. The molecule has 1 aliphatic heterocycles. The summed E-state index contributed by atoms with van der Waals surface area (Å²) in [7, 11) is 0. The first-order valence-corrected chi connectivity index (χ1v) is 6.76. The Bertz CT molecular complexity index is 453. The van der Waals surface area contributed by atoms with Gasteiger partial charge in [0.25, 0.3) is 0 Å². The molecule has 20 heavy (non-hydrogen) atoms. The smallest absolute Gasteiger partial charge is 0.410 e. The van der Waals surface area contributed by atoms with Crippen molar-refractivity contribution in [3.63, 3.8) is 0 Å². The van der Waals surface area contributed by atoms with Gasteiger partial charge in [0.1, 0.15) is 6.61 Å². The molecular weight excluding hydrogens is 256 g/mol. The topological polar surface area (TPSA) is 52.6 Å². The highest BCUT2D eigenvalue weighted by Gasteiger charge is 2.27. The molecule has 0 bridgehead atoms. The lowest BCUT2D eigenvalue weighted by Crippen LogP contribution is -2.57. The van der Waals surface area contributed by atoms with Crippen LogP contribution in [0.2, 0.25) is 0 Å². The van der Waals surface area contributed by atoms with Crippen molar-refractivity contribution in [2.24, 2.45) is 0 Å². The summed E-state index contributed by atoms with van der Waals surface area (Å²) in [5.74, 6) is 0. The van der Waals surface area contributed by atoms with E-state index in [1.807, 2.05) is 30.3 Å². The molecule has 1 saturated heterocycles. The molecule has 0 spiro atoms. The van der Waals surface area contributed by atoms with Gasteiger partial charge in [-0.1, -0.05) is 36.9 Å². The van der Waals surface area contributed by atoms with E-state index in [-0.39, 0.29) is 17.3 Å². The molecule has 1 amide bonds. The number of nitrogens with zero attached hydrogens (tertiary/aromatic N) is 2. The molecule has 0 N–H and O–H groups in total. The third-order valence-corrected chi connectivity index (χ3v) is 3.48. The van der Waals surface area contributed by atoms with Crippen LogP contribution in [0, 0.1) is 5.21 Å². The average Bonchev–Trinajstić information content (AvgIpc) is 2.47. The van der Waals surface area contributed by atoms with E-state index in [0.717, 1.165) is 5.56 Å². The van der Waals surface area contributed by atoms with Gasteiger partial charge in [-0.2, -0.15) is 0 Å². The Hall–Kier alpha value is -1.85.